The van der Waals surface area contributed by atoms with Gasteiger partial charge >= 0.3 is 0 Å². The van der Waals surface area contributed by atoms with Gasteiger partial charge in [0.1, 0.15) is 0 Å². The van der Waals surface area contributed by atoms with Crippen LogP contribution in [0.1, 0.15) is 32.9 Å². The standard InChI is InChI=1S/C12H19N3OS/c1-12(2,3)9-7-17-11(14-9)15-10(16)8-4-5-13-6-8/h7-8,13H,4-6H2,1-3H3,(H,14,15,16). The molecule has 0 aromatic carbocycles. The van der Waals surface area contributed by atoms with Crippen molar-refractivity contribution >= 4 is 22.4 Å². The lowest BCUT2D eigenvalue weighted by molar-refractivity contribution is -0.119. The van der Waals surface area contributed by atoms with Crippen LogP contribution in [0.15, 0.2) is 5.38 Å². The van der Waals surface area contributed by atoms with Crippen LogP contribution in [-0.2, 0) is 10.2 Å². The van der Waals surface area contributed by atoms with Crippen molar-refractivity contribution in [1.82, 2.24) is 10.3 Å². The number of nitrogens with one attached hydrogen (secondary N) is 2. The van der Waals surface area contributed by atoms with E-state index in [2.05, 4.69) is 36.4 Å². The Morgan fingerprint density at radius 1 is 1.59 bits per heavy atom. The number of thiazole rings is 1. The highest BCUT2D eigenvalue weighted by Gasteiger charge is 2.24. The van der Waals surface area contributed by atoms with Crippen LogP contribution in [-0.4, -0.2) is 24.0 Å². The largest absolute Gasteiger partial charge is 0.316 e. The molecule has 1 aromatic heterocycles. The topological polar surface area (TPSA) is 54.0 Å². The molecule has 4 nitrogen and oxygen atoms in total. The Morgan fingerprint density at radius 3 is 2.88 bits per heavy atom. The summed E-state index contributed by atoms with van der Waals surface area (Å²) in [5.74, 6) is 0.182. The maximum absolute atomic E-state index is 11.9. The van der Waals surface area contributed by atoms with E-state index < -0.39 is 0 Å². The van der Waals surface area contributed by atoms with Crippen LogP contribution < -0.4 is 10.6 Å². The lowest BCUT2D eigenvalue weighted by Gasteiger charge is -2.14. The Bertz CT molecular complexity index is 402. The number of carbonyl (C=O) groups is 1. The molecule has 5 heteroatoms. The molecular formula is C12H19N3OS. The molecule has 2 rings (SSSR count). The van der Waals surface area contributed by atoms with E-state index in [1.165, 1.54) is 11.3 Å². The molecule has 1 saturated heterocycles. The van der Waals surface area contributed by atoms with Crippen LogP contribution >= 0.6 is 11.3 Å². The zero-order valence-electron chi connectivity index (χ0n) is 10.5. The van der Waals surface area contributed by atoms with Gasteiger partial charge in [-0.3, -0.25) is 4.79 Å². The summed E-state index contributed by atoms with van der Waals surface area (Å²) in [7, 11) is 0. The van der Waals surface area contributed by atoms with Crippen LogP contribution in [0.4, 0.5) is 5.13 Å². The fraction of sp³-hybridized carbons (Fsp3) is 0.667. The summed E-state index contributed by atoms with van der Waals surface area (Å²) in [4.78, 5) is 16.3. The molecular weight excluding hydrogens is 234 g/mol. The molecule has 94 valence electrons. The Hall–Kier alpha value is -0.940. The van der Waals surface area contributed by atoms with Crippen molar-refractivity contribution in [3.63, 3.8) is 0 Å². The summed E-state index contributed by atoms with van der Waals surface area (Å²) in [5, 5.41) is 8.83. The summed E-state index contributed by atoms with van der Waals surface area (Å²) >= 11 is 1.50. The van der Waals surface area contributed by atoms with Crippen molar-refractivity contribution in [1.29, 1.82) is 0 Å². The van der Waals surface area contributed by atoms with Gasteiger partial charge in [-0.25, -0.2) is 4.98 Å². The molecule has 1 aliphatic heterocycles. The van der Waals surface area contributed by atoms with E-state index in [0.29, 0.717) is 5.13 Å². The Balaban J connectivity index is 1.99. The fourth-order valence-electron chi connectivity index (χ4n) is 1.76. The highest BCUT2D eigenvalue weighted by atomic mass is 32.1. The molecule has 2 heterocycles. The van der Waals surface area contributed by atoms with Gasteiger partial charge in [0.15, 0.2) is 5.13 Å². The predicted molar refractivity (Wildman–Crippen MR) is 70.4 cm³/mol. The van der Waals surface area contributed by atoms with E-state index in [9.17, 15) is 4.79 Å². The molecule has 1 atom stereocenters. The molecule has 0 spiro atoms. The molecule has 0 saturated carbocycles. The molecule has 1 aromatic rings. The molecule has 1 fully saturated rings. The third-order valence-electron chi connectivity index (χ3n) is 2.93. The van der Waals surface area contributed by atoms with Crippen molar-refractivity contribution < 1.29 is 4.79 Å². The zero-order valence-corrected chi connectivity index (χ0v) is 11.4. The average molecular weight is 253 g/mol. The molecule has 17 heavy (non-hydrogen) atoms. The van der Waals surface area contributed by atoms with Gasteiger partial charge in [-0.15, -0.1) is 11.3 Å². The summed E-state index contributed by atoms with van der Waals surface area (Å²) < 4.78 is 0. The minimum Gasteiger partial charge on any atom is -0.316 e. The number of hydrogen-bond donors (Lipinski definition) is 2. The monoisotopic (exact) mass is 253 g/mol. The number of amides is 1. The number of carbonyl (C=O) groups excluding carboxylic acids is 1. The molecule has 2 N–H and O–H groups in total. The Morgan fingerprint density at radius 2 is 2.35 bits per heavy atom. The predicted octanol–water partition coefficient (Wildman–Crippen LogP) is 1.99. The van der Waals surface area contributed by atoms with Gasteiger partial charge < -0.3 is 10.6 Å². The maximum Gasteiger partial charge on any atom is 0.230 e. The average Bonchev–Trinajstić information content (AvgIpc) is 2.85. The van der Waals surface area contributed by atoms with Crippen molar-refractivity contribution in [3.8, 4) is 0 Å². The summed E-state index contributed by atoms with van der Waals surface area (Å²) in [6.07, 6.45) is 0.920. The molecule has 1 aliphatic rings. The minimum atomic E-state index is 0.0361. The second-order valence-corrected chi connectivity index (χ2v) is 6.32. The lowest BCUT2D eigenvalue weighted by Crippen LogP contribution is -2.24. The number of rotatable bonds is 2. The summed E-state index contributed by atoms with van der Waals surface area (Å²) in [6, 6.07) is 0. The second-order valence-electron chi connectivity index (χ2n) is 5.47. The highest BCUT2D eigenvalue weighted by Crippen LogP contribution is 2.26. The number of anilines is 1. The van der Waals surface area contributed by atoms with Crippen LogP contribution in [0.5, 0.6) is 0 Å². The van der Waals surface area contributed by atoms with Gasteiger partial charge in [0.2, 0.25) is 5.91 Å². The quantitative estimate of drug-likeness (QED) is 0.847. The van der Waals surface area contributed by atoms with Crippen molar-refractivity contribution in [3.05, 3.63) is 11.1 Å². The first-order valence-corrected chi connectivity index (χ1v) is 6.82. The van der Waals surface area contributed by atoms with Crippen molar-refractivity contribution in [2.75, 3.05) is 18.4 Å². The number of aromatic nitrogens is 1. The van der Waals surface area contributed by atoms with Crippen LogP contribution in [0.25, 0.3) is 0 Å². The van der Waals surface area contributed by atoms with Gasteiger partial charge in [-0.1, -0.05) is 20.8 Å². The van der Waals surface area contributed by atoms with E-state index in [1.54, 1.807) is 0 Å². The van der Waals surface area contributed by atoms with E-state index in [-0.39, 0.29) is 17.2 Å². The first-order chi connectivity index (χ1) is 7.97. The van der Waals surface area contributed by atoms with Crippen LogP contribution in [0.3, 0.4) is 0 Å². The Kier molecular flexibility index (Phi) is 3.49. The van der Waals surface area contributed by atoms with Gasteiger partial charge in [0.25, 0.3) is 0 Å². The summed E-state index contributed by atoms with van der Waals surface area (Å²) in [5.41, 5.74) is 1.07. The lowest BCUT2D eigenvalue weighted by atomic mass is 9.93. The molecule has 0 radical (unpaired) electrons. The van der Waals surface area contributed by atoms with Gasteiger partial charge in [-0.2, -0.15) is 0 Å². The number of hydrogen-bond acceptors (Lipinski definition) is 4. The van der Waals surface area contributed by atoms with E-state index >= 15 is 0 Å². The SMILES string of the molecule is CC(C)(C)c1csc(NC(=O)C2CCNC2)n1. The second kappa shape index (κ2) is 4.74. The minimum absolute atomic E-state index is 0.0361. The third-order valence-corrected chi connectivity index (χ3v) is 3.69. The zero-order chi connectivity index (χ0) is 12.5. The van der Waals surface area contributed by atoms with Gasteiger partial charge in [0.05, 0.1) is 11.6 Å². The normalized spacial score (nSPS) is 20.5. The van der Waals surface area contributed by atoms with E-state index in [4.69, 9.17) is 0 Å². The van der Waals surface area contributed by atoms with E-state index in [1.807, 2.05) is 5.38 Å². The van der Waals surface area contributed by atoms with Crippen molar-refractivity contribution in [2.24, 2.45) is 5.92 Å². The smallest absolute Gasteiger partial charge is 0.230 e. The molecule has 0 bridgehead atoms. The van der Waals surface area contributed by atoms with Gasteiger partial charge in [0, 0.05) is 17.3 Å². The molecule has 0 aliphatic carbocycles. The van der Waals surface area contributed by atoms with E-state index in [0.717, 1.165) is 25.2 Å². The highest BCUT2D eigenvalue weighted by molar-refractivity contribution is 7.13. The first kappa shape index (κ1) is 12.5. The molecule has 1 unspecified atom stereocenters. The summed E-state index contributed by atoms with van der Waals surface area (Å²) in [6.45, 7) is 8.07. The maximum atomic E-state index is 11.9. The van der Waals surface area contributed by atoms with Crippen molar-refractivity contribution in [2.45, 2.75) is 32.6 Å². The fourth-order valence-corrected chi connectivity index (χ4v) is 2.70. The number of nitrogens with zero attached hydrogens (tertiary/aromatic N) is 1. The van der Waals surface area contributed by atoms with Crippen LogP contribution in [0.2, 0.25) is 0 Å². The van der Waals surface area contributed by atoms with Gasteiger partial charge in [-0.05, 0) is 13.0 Å². The first-order valence-electron chi connectivity index (χ1n) is 5.94. The molecule has 1 amide bonds. The third kappa shape index (κ3) is 3.04. The van der Waals surface area contributed by atoms with Crippen LogP contribution in [0, 0.1) is 5.92 Å². The Labute approximate surface area is 106 Å².